The first kappa shape index (κ1) is 14.9. The first-order valence-electron chi connectivity index (χ1n) is 6.73. The Morgan fingerprint density at radius 2 is 1.83 bits per heavy atom. The number of aromatic nitrogens is 2. The van der Waals surface area contributed by atoms with E-state index in [1.54, 1.807) is 0 Å². The average Bonchev–Trinajstić information content (AvgIpc) is 2.28. The second-order valence-corrected chi connectivity index (χ2v) is 5.68. The van der Waals surface area contributed by atoms with Gasteiger partial charge in [0.2, 0.25) is 0 Å². The summed E-state index contributed by atoms with van der Waals surface area (Å²) in [6.45, 7) is 11.6. The lowest BCUT2D eigenvalue weighted by Gasteiger charge is -2.19. The van der Waals surface area contributed by atoms with Crippen LogP contribution in [0.25, 0.3) is 0 Å². The Bertz CT molecular complexity index is 332. The maximum atomic E-state index is 4.27. The van der Waals surface area contributed by atoms with Crippen LogP contribution >= 0.6 is 0 Å². The van der Waals surface area contributed by atoms with Crippen molar-refractivity contribution in [1.82, 2.24) is 15.5 Å². The number of rotatable bonds is 7. The Morgan fingerprint density at radius 1 is 1.11 bits per heavy atom. The van der Waals surface area contributed by atoms with Crippen LogP contribution in [0, 0.1) is 11.8 Å². The van der Waals surface area contributed by atoms with E-state index in [4.69, 9.17) is 0 Å². The highest BCUT2D eigenvalue weighted by molar-refractivity contribution is 5.36. The lowest BCUT2D eigenvalue weighted by atomic mass is 10.2. The quantitative estimate of drug-likeness (QED) is 0.806. The van der Waals surface area contributed by atoms with Gasteiger partial charge in [-0.25, -0.2) is 0 Å². The molecular weight excluding hydrogens is 224 g/mol. The monoisotopic (exact) mass is 250 g/mol. The summed E-state index contributed by atoms with van der Waals surface area (Å²) in [5.74, 6) is 2.23. The first-order valence-corrected chi connectivity index (χ1v) is 6.73. The van der Waals surface area contributed by atoms with E-state index >= 15 is 0 Å². The summed E-state index contributed by atoms with van der Waals surface area (Å²) < 4.78 is 0. The van der Waals surface area contributed by atoms with E-state index < -0.39 is 0 Å². The van der Waals surface area contributed by atoms with Gasteiger partial charge >= 0.3 is 0 Å². The highest BCUT2D eigenvalue weighted by Gasteiger charge is 2.05. The number of hydrogen-bond acceptors (Lipinski definition) is 4. The Morgan fingerprint density at radius 3 is 2.33 bits per heavy atom. The fourth-order valence-electron chi connectivity index (χ4n) is 1.78. The van der Waals surface area contributed by atoms with E-state index in [-0.39, 0.29) is 0 Å². The predicted molar refractivity (Wildman–Crippen MR) is 76.7 cm³/mol. The summed E-state index contributed by atoms with van der Waals surface area (Å²) in [5, 5.41) is 11.9. The average molecular weight is 250 g/mol. The molecule has 102 valence electrons. The van der Waals surface area contributed by atoms with Crippen LogP contribution in [-0.2, 0) is 6.54 Å². The van der Waals surface area contributed by atoms with Crippen molar-refractivity contribution in [3.8, 4) is 0 Å². The molecule has 0 radical (unpaired) electrons. The lowest BCUT2D eigenvalue weighted by Crippen LogP contribution is -2.24. The first-order chi connectivity index (χ1) is 8.49. The summed E-state index contributed by atoms with van der Waals surface area (Å²) in [6.07, 6.45) is 0. The Labute approximate surface area is 111 Å². The van der Waals surface area contributed by atoms with Gasteiger partial charge in [0.15, 0.2) is 5.82 Å². The fraction of sp³-hybridized carbons (Fsp3) is 0.714. The summed E-state index contributed by atoms with van der Waals surface area (Å²) in [6, 6.07) is 4.09. The van der Waals surface area contributed by atoms with Crippen LogP contribution in [0.15, 0.2) is 12.1 Å². The van der Waals surface area contributed by atoms with Gasteiger partial charge in [-0.15, -0.1) is 5.10 Å². The maximum absolute atomic E-state index is 4.27. The Kier molecular flexibility index (Phi) is 6.05. The molecule has 0 saturated heterocycles. The molecular formula is C14H26N4. The predicted octanol–water partition coefficient (Wildman–Crippen LogP) is 2.31. The van der Waals surface area contributed by atoms with Gasteiger partial charge < -0.3 is 10.2 Å². The molecule has 4 nitrogen and oxygen atoms in total. The van der Waals surface area contributed by atoms with Crippen molar-refractivity contribution >= 4 is 5.82 Å². The zero-order chi connectivity index (χ0) is 13.5. The molecule has 0 aromatic carbocycles. The van der Waals surface area contributed by atoms with Crippen molar-refractivity contribution < 1.29 is 0 Å². The minimum atomic E-state index is 0.629. The smallest absolute Gasteiger partial charge is 0.150 e. The molecule has 1 aromatic rings. The molecule has 0 spiro atoms. The van der Waals surface area contributed by atoms with E-state index in [9.17, 15) is 0 Å². The summed E-state index contributed by atoms with van der Waals surface area (Å²) in [5.41, 5.74) is 0.998. The molecule has 18 heavy (non-hydrogen) atoms. The molecule has 1 heterocycles. The van der Waals surface area contributed by atoms with Gasteiger partial charge in [-0.05, 0) is 30.5 Å². The Balaban J connectivity index is 2.46. The van der Waals surface area contributed by atoms with Crippen molar-refractivity contribution in [2.75, 3.05) is 25.0 Å². The van der Waals surface area contributed by atoms with Gasteiger partial charge in [-0.2, -0.15) is 5.10 Å². The summed E-state index contributed by atoms with van der Waals surface area (Å²) >= 11 is 0. The van der Waals surface area contributed by atoms with Gasteiger partial charge in [0.05, 0.1) is 5.69 Å². The van der Waals surface area contributed by atoms with E-state index in [1.165, 1.54) is 0 Å². The molecule has 0 atom stereocenters. The third-order valence-corrected chi connectivity index (χ3v) is 2.59. The second-order valence-electron chi connectivity index (χ2n) is 5.68. The molecule has 1 N–H and O–H groups in total. The van der Waals surface area contributed by atoms with Crippen LogP contribution in [0.5, 0.6) is 0 Å². The molecule has 0 aliphatic carbocycles. The highest BCUT2D eigenvalue weighted by Crippen LogP contribution is 2.09. The molecule has 0 aliphatic heterocycles. The van der Waals surface area contributed by atoms with Gasteiger partial charge in [-0.1, -0.05) is 27.7 Å². The summed E-state index contributed by atoms with van der Waals surface area (Å²) in [4.78, 5) is 2.14. The minimum absolute atomic E-state index is 0.629. The molecule has 0 amide bonds. The number of nitrogens with zero attached hydrogens (tertiary/aromatic N) is 3. The standard InChI is InChI=1S/C14H26N4/c1-11(2)8-15-9-13-6-7-14(17-16-13)18(5)10-12(3)4/h6-7,11-12,15H,8-10H2,1-5H3. The van der Waals surface area contributed by atoms with E-state index in [0.717, 1.165) is 31.1 Å². The van der Waals surface area contributed by atoms with Crippen molar-refractivity contribution in [1.29, 1.82) is 0 Å². The zero-order valence-corrected chi connectivity index (χ0v) is 12.3. The lowest BCUT2D eigenvalue weighted by molar-refractivity contribution is 0.545. The zero-order valence-electron chi connectivity index (χ0n) is 12.3. The van der Waals surface area contributed by atoms with Crippen molar-refractivity contribution in [2.45, 2.75) is 34.2 Å². The largest absolute Gasteiger partial charge is 0.358 e. The second kappa shape index (κ2) is 7.31. The molecule has 1 rings (SSSR count). The number of nitrogens with one attached hydrogen (secondary N) is 1. The van der Waals surface area contributed by atoms with Crippen LogP contribution < -0.4 is 10.2 Å². The van der Waals surface area contributed by atoms with Crippen LogP contribution in [-0.4, -0.2) is 30.3 Å². The molecule has 0 aliphatic rings. The van der Waals surface area contributed by atoms with E-state index in [2.05, 4.69) is 55.2 Å². The van der Waals surface area contributed by atoms with Gasteiger partial charge in [0, 0.05) is 20.1 Å². The molecule has 0 saturated carbocycles. The summed E-state index contributed by atoms with van der Waals surface area (Å²) in [7, 11) is 2.06. The number of hydrogen-bond donors (Lipinski definition) is 1. The molecule has 1 aromatic heterocycles. The van der Waals surface area contributed by atoms with Gasteiger partial charge in [0.25, 0.3) is 0 Å². The third kappa shape index (κ3) is 5.45. The van der Waals surface area contributed by atoms with Crippen molar-refractivity contribution in [3.63, 3.8) is 0 Å². The maximum Gasteiger partial charge on any atom is 0.150 e. The third-order valence-electron chi connectivity index (χ3n) is 2.59. The number of anilines is 1. The normalized spacial score (nSPS) is 11.3. The van der Waals surface area contributed by atoms with Gasteiger partial charge in [-0.3, -0.25) is 0 Å². The Hall–Kier alpha value is -1.16. The van der Waals surface area contributed by atoms with Crippen LogP contribution in [0.3, 0.4) is 0 Å². The highest BCUT2D eigenvalue weighted by atomic mass is 15.2. The SMILES string of the molecule is CC(C)CNCc1ccc(N(C)CC(C)C)nn1. The topological polar surface area (TPSA) is 41.0 Å². The molecule has 0 bridgehead atoms. The van der Waals surface area contributed by atoms with E-state index in [1.807, 2.05) is 12.1 Å². The van der Waals surface area contributed by atoms with Crippen molar-refractivity contribution in [3.05, 3.63) is 17.8 Å². The van der Waals surface area contributed by atoms with Crippen molar-refractivity contribution in [2.24, 2.45) is 11.8 Å². The molecule has 0 fully saturated rings. The molecule has 4 heteroatoms. The van der Waals surface area contributed by atoms with Crippen LogP contribution in [0.1, 0.15) is 33.4 Å². The molecule has 0 unspecified atom stereocenters. The van der Waals surface area contributed by atoms with Crippen LogP contribution in [0.2, 0.25) is 0 Å². The van der Waals surface area contributed by atoms with E-state index in [0.29, 0.717) is 11.8 Å². The van der Waals surface area contributed by atoms with Gasteiger partial charge in [0.1, 0.15) is 0 Å². The van der Waals surface area contributed by atoms with Crippen LogP contribution in [0.4, 0.5) is 5.82 Å². The fourth-order valence-corrected chi connectivity index (χ4v) is 1.78. The minimum Gasteiger partial charge on any atom is -0.358 e.